The Bertz CT molecular complexity index is 503. The minimum absolute atomic E-state index is 0.165. The summed E-state index contributed by atoms with van der Waals surface area (Å²) in [7, 11) is -3.76. The van der Waals surface area contributed by atoms with Crippen LogP contribution in [0.15, 0.2) is 23.1 Å². The van der Waals surface area contributed by atoms with E-state index >= 15 is 0 Å². The molecule has 2 nitrogen and oxygen atoms in total. The molecule has 0 bridgehead atoms. The molecule has 0 heterocycles. The fourth-order valence-corrected chi connectivity index (χ4v) is 3.88. The van der Waals surface area contributed by atoms with Crippen molar-refractivity contribution in [3.63, 3.8) is 0 Å². The summed E-state index contributed by atoms with van der Waals surface area (Å²) in [5.41, 5.74) is 0. The monoisotopic (exact) mass is 340 g/mol. The second-order valence-electron chi connectivity index (χ2n) is 4.27. The predicted molar refractivity (Wildman–Crippen MR) is 70.6 cm³/mol. The summed E-state index contributed by atoms with van der Waals surface area (Å²) in [5, 5.41) is 0.794. The van der Waals surface area contributed by atoms with Gasteiger partial charge in [-0.1, -0.05) is 22.9 Å². The lowest BCUT2D eigenvalue weighted by Gasteiger charge is -2.10. The Balaban J connectivity index is 2.83. The van der Waals surface area contributed by atoms with Gasteiger partial charge < -0.3 is 0 Å². The Hall–Kier alpha value is -0.490. The van der Waals surface area contributed by atoms with Crippen molar-refractivity contribution in [2.45, 2.75) is 24.7 Å². The van der Waals surface area contributed by atoms with E-state index in [1.165, 1.54) is 0 Å². The second-order valence-corrected chi connectivity index (χ2v) is 7.14. The third-order valence-corrected chi connectivity index (χ3v) is 4.92. The molecule has 0 fully saturated rings. The van der Waals surface area contributed by atoms with Crippen LogP contribution >= 0.6 is 15.9 Å². The molecule has 0 saturated carbocycles. The van der Waals surface area contributed by atoms with Crippen molar-refractivity contribution in [1.82, 2.24) is 0 Å². The van der Waals surface area contributed by atoms with Crippen LogP contribution in [0.25, 0.3) is 0 Å². The molecule has 0 spiro atoms. The Morgan fingerprint density at radius 3 is 2.56 bits per heavy atom. The van der Waals surface area contributed by atoms with Crippen molar-refractivity contribution in [2.24, 2.45) is 5.92 Å². The Kier molecular flexibility index (Phi) is 5.72. The molecule has 6 heteroatoms. The molecule has 1 atom stereocenters. The van der Waals surface area contributed by atoms with Crippen LogP contribution in [0.1, 0.15) is 19.8 Å². The highest BCUT2D eigenvalue weighted by Crippen LogP contribution is 2.20. The largest absolute Gasteiger partial charge is 0.224 e. The van der Waals surface area contributed by atoms with Crippen LogP contribution < -0.4 is 0 Å². The molecule has 1 unspecified atom stereocenters. The molecule has 0 aromatic heterocycles. The molecule has 102 valence electrons. The molecule has 0 aliphatic rings. The highest BCUT2D eigenvalue weighted by molar-refractivity contribution is 9.09. The number of halogens is 3. The van der Waals surface area contributed by atoms with Gasteiger partial charge in [0.1, 0.15) is 16.5 Å². The van der Waals surface area contributed by atoms with Crippen molar-refractivity contribution in [1.29, 1.82) is 0 Å². The number of rotatable bonds is 6. The summed E-state index contributed by atoms with van der Waals surface area (Å²) in [6.07, 6.45) is 1.28. The molecule has 0 N–H and O–H groups in total. The predicted octanol–water partition coefficient (Wildman–Crippen LogP) is 3.55. The molecule has 0 aliphatic heterocycles. The molecule has 0 amide bonds. The minimum atomic E-state index is -3.76. The highest BCUT2D eigenvalue weighted by Gasteiger charge is 2.20. The van der Waals surface area contributed by atoms with Crippen LogP contribution in [-0.2, 0) is 9.84 Å². The summed E-state index contributed by atoms with van der Waals surface area (Å²) < 4.78 is 50.1. The van der Waals surface area contributed by atoms with E-state index in [1.807, 2.05) is 6.92 Å². The maximum absolute atomic E-state index is 13.4. The quantitative estimate of drug-likeness (QED) is 0.742. The lowest BCUT2D eigenvalue weighted by atomic mass is 10.1. The van der Waals surface area contributed by atoms with Crippen LogP contribution in [-0.4, -0.2) is 19.5 Å². The first-order valence-corrected chi connectivity index (χ1v) is 8.38. The van der Waals surface area contributed by atoms with Crippen molar-refractivity contribution in [2.75, 3.05) is 11.1 Å². The average Bonchev–Trinajstić information content (AvgIpc) is 2.30. The van der Waals surface area contributed by atoms with E-state index in [4.69, 9.17) is 0 Å². The second kappa shape index (κ2) is 6.61. The van der Waals surface area contributed by atoms with Crippen molar-refractivity contribution < 1.29 is 17.2 Å². The molecular weight excluding hydrogens is 326 g/mol. The summed E-state index contributed by atoms with van der Waals surface area (Å²) in [4.78, 5) is -0.548. The van der Waals surface area contributed by atoms with Crippen LogP contribution in [0.5, 0.6) is 0 Å². The van der Waals surface area contributed by atoms with E-state index in [0.717, 1.165) is 30.0 Å². The summed E-state index contributed by atoms with van der Waals surface area (Å²) in [6.45, 7) is 1.93. The Morgan fingerprint density at radius 1 is 1.28 bits per heavy atom. The Morgan fingerprint density at radius 2 is 1.94 bits per heavy atom. The van der Waals surface area contributed by atoms with E-state index in [2.05, 4.69) is 15.9 Å². The SMILES string of the molecule is CC(CCBr)CCS(=O)(=O)c1cc(F)ccc1F. The highest BCUT2D eigenvalue weighted by atomic mass is 79.9. The lowest BCUT2D eigenvalue weighted by molar-refractivity contribution is 0.527. The van der Waals surface area contributed by atoms with Gasteiger partial charge in [-0.25, -0.2) is 17.2 Å². The zero-order valence-corrected chi connectivity index (χ0v) is 12.4. The first-order chi connectivity index (χ1) is 8.36. The molecular formula is C12H15BrF2O2S. The first-order valence-electron chi connectivity index (χ1n) is 5.60. The van der Waals surface area contributed by atoms with Gasteiger partial charge in [-0.3, -0.25) is 0 Å². The zero-order valence-electron chi connectivity index (χ0n) is 10.00. The van der Waals surface area contributed by atoms with Crippen molar-refractivity contribution >= 4 is 25.8 Å². The van der Waals surface area contributed by atoms with E-state index in [9.17, 15) is 17.2 Å². The third-order valence-electron chi connectivity index (χ3n) is 2.71. The van der Waals surface area contributed by atoms with Gasteiger partial charge in [0.15, 0.2) is 9.84 Å². The molecule has 1 aromatic rings. The molecule has 0 saturated heterocycles. The summed E-state index contributed by atoms with van der Waals surface area (Å²) >= 11 is 3.28. The van der Waals surface area contributed by atoms with Crippen molar-refractivity contribution in [3.05, 3.63) is 29.8 Å². The van der Waals surface area contributed by atoms with Crippen LogP contribution in [0.2, 0.25) is 0 Å². The molecule has 0 aliphatic carbocycles. The first kappa shape index (κ1) is 15.6. The zero-order chi connectivity index (χ0) is 13.8. The van der Waals surface area contributed by atoms with Gasteiger partial charge in [-0.2, -0.15) is 0 Å². The van der Waals surface area contributed by atoms with Gasteiger partial charge in [-0.15, -0.1) is 0 Å². The maximum atomic E-state index is 13.4. The smallest absolute Gasteiger partial charge is 0.181 e. The minimum Gasteiger partial charge on any atom is -0.224 e. The summed E-state index contributed by atoms with van der Waals surface area (Å²) in [6, 6.07) is 2.48. The number of hydrogen-bond donors (Lipinski definition) is 0. The van der Waals surface area contributed by atoms with E-state index in [1.54, 1.807) is 0 Å². The normalized spacial score (nSPS) is 13.6. The fraction of sp³-hybridized carbons (Fsp3) is 0.500. The van der Waals surface area contributed by atoms with E-state index in [-0.39, 0.29) is 11.7 Å². The maximum Gasteiger partial charge on any atom is 0.181 e. The number of alkyl halides is 1. The van der Waals surface area contributed by atoms with Gasteiger partial charge in [-0.05, 0) is 37.0 Å². The third kappa shape index (κ3) is 4.31. The fourth-order valence-electron chi connectivity index (χ4n) is 1.51. The van der Waals surface area contributed by atoms with Gasteiger partial charge in [0.25, 0.3) is 0 Å². The molecule has 1 rings (SSSR count). The van der Waals surface area contributed by atoms with Crippen LogP contribution in [0, 0.1) is 17.6 Å². The van der Waals surface area contributed by atoms with E-state index in [0.29, 0.717) is 6.42 Å². The van der Waals surface area contributed by atoms with Crippen molar-refractivity contribution in [3.8, 4) is 0 Å². The standard InChI is InChI=1S/C12H15BrF2O2S/c1-9(4-6-13)5-7-18(16,17)12-8-10(14)2-3-11(12)15/h2-3,8-9H,4-7H2,1H3. The van der Waals surface area contributed by atoms with Crippen LogP contribution in [0.3, 0.4) is 0 Å². The average molecular weight is 341 g/mol. The number of sulfone groups is 1. The number of benzene rings is 1. The lowest BCUT2D eigenvalue weighted by Crippen LogP contribution is -2.12. The van der Waals surface area contributed by atoms with Gasteiger partial charge in [0, 0.05) is 5.33 Å². The van der Waals surface area contributed by atoms with Gasteiger partial charge in [0.05, 0.1) is 5.75 Å². The van der Waals surface area contributed by atoms with Gasteiger partial charge >= 0.3 is 0 Å². The Labute approximate surface area is 114 Å². The molecule has 1 aromatic carbocycles. The molecule has 18 heavy (non-hydrogen) atoms. The van der Waals surface area contributed by atoms with Crippen LogP contribution in [0.4, 0.5) is 8.78 Å². The van der Waals surface area contributed by atoms with E-state index < -0.39 is 26.4 Å². The molecule has 0 radical (unpaired) electrons. The topological polar surface area (TPSA) is 34.1 Å². The van der Waals surface area contributed by atoms with Gasteiger partial charge in [0.2, 0.25) is 0 Å². The summed E-state index contributed by atoms with van der Waals surface area (Å²) in [5.74, 6) is -1.59. The number of hydrogen-bond acceptors (Lipinski definition) is 2.